The molecule has 1 aliphatic heterocycles. The van der Waals surface area contributed by atoms with E-state index in [4.69, 9.17) is 4.74 Å². The molecule has 2 heterocycles. The molecule has 0 saturated carbocycles. The van der Waals surface area contributed by atoms with Crippen LogP contribution < -0.4 is 4.90 Å². The Hall–Kier alpha value is -4.07. The average Bonchev–Trinajstić information content (AvgIpc) is 2.87. The molecule has 1 amide bonds. The lowest BCUT2D eigenvalue weighted by Crippen LogP contribution is -2.49. The van der Waals surface area contributed by atoms with E-state index in [9.17, 15) is 14.0 Å². The average molecular weight is 461 g/mol. The number of nitrogens with zero attached hydrogens (tertiary/aromatic N) is 4. The van der Waals surface area contributed by atoms with Crippen molar-refractivity contribution in [2.75, 3.05) is 37.7 Å². The highest BCUT2D eigenvalue weighted by Crippen LogP contribution is 2.24. The van der Waals surface area contributed by atoms with Crippen molar-refractivity contribution in [2.24, 2.45) is 0 Å². The van der Waals surface area contributed by atoms with Gasteiger partial charge in [0.2, 0.25) is 0 Å². The van der Waals surface area contributed by atoms with E-state index in [0.29, 0.717) is 43.4 Å². The van der Waals surface area contributed by atoms with E-state index in [1.807, 2.05) is 35.2 Å². The molecule has 3 aromatic rings. The highest BCUT2D eigenvalue weighted by atomic mass is 19.1. The molecule has 0 radical (unpaired) electrons. The summed E-state index contributed by atoms with van der Waals surface area (Å²) in [6, 6.07) is 15.8. The van der Waals surface area contributed by atoms with Gasteiger partial charge in [-0.1, -0.05) is 55.1 Å². The third-order valence-electron chi connectivity index (χ3n) is 5.62. The van der Waals surface area contributed by atoms with Gasteiger partial charge in [0.25, 0.3) is 5.91 Å². The third-order valence-corrected chi connectivity index (χ3v) is 5.62. The first-order chi connectivity index (χ1) is 16.5. The predicted octanol–water partition coefficient (Wildman–Crippen LogP) is 3.90. The maximum Gasteiger partial charge on any atom is 0.342 e. The van der Waals surface area contributed by atoms with Crippen LogP contribution in [0.15, 0.2) is 67.3 Å². The Morgan fingerprint density at radius 2 is 1.71 bits per heavy atom. The second-order valence-corrected chi connectivity index (χ2v) is 7.84. The van der Waals surface area contributed by atoms with Gasteiger partial charge in [0.05, 0.1) is 11.4 Å². The lowest BCUT2D eigenvalue weighted by molar-refractivity contribution is 0.0537. The van der Waals surface area contributed by atoms with E-state index < -0.39 is 5.97 Å². The summed E-state index contributed by atoms with van der Waals surface area (Å²) in [5.41, 5.74) is 1.64. The molecule has 0 atom stereocenters. The Balaban J connectivity index is 1.64. The number of aromatic nitrogens is 2. The van der Waals surface area contributed by atoms with Gasteiger partial charge in [-0.15, -0.1) is 0 Å². The molecule has 4 rings (SSSR count). The molecule has 1 saturated heterocycles. The minimum Gasteiger partial charge on any atom is -0.458 e. The van der Waals surface area contributed by atoms with Crippen LogP contribution in [-0.4, -0.2) is 59.5 Å². The summed E-state index contributed by atoms with van der Waals surface area (Å²) < 4.78 is 19.4. The molecule has 8 heteroatoms. The number of piperazine rings is 1. The predicted molar refractivity (Wildman–Crippen MR) is 127 cm³/mol. The van der Waals surface area contributed by atoms with Crippen molar-refractivity contribution in [1.29, 1.82) is 0 Å². The fourth-order valence-electron chi connectivity index (χ4n) is 3.90. The summed E-state index contributed by atoms with van der Waals surface area (Å²) in [6.07, 6.45) is 1.45. The molecule has 0 bridgehead atoms. The molecule has 0 spiro atoms. The molecule has 0 N–H and O–H groups in total. The van der Waals surface area contributed by atoms with E-state index in [0.717, 1.165) is 5.56 Å². The number of anilines is 1. The number of hydrogen-bond acceptors (Lipinski definition) is 6. The van der Waals surface area contributed by atoms with Gasteiger partial charge in [0.15, 0.2) is 5.82 Å². The monoisotopic (exact) mass is 460 g/mol. The van der Waals surface area contributed by atoms with Crippen LogP contribution in [0.2, 0.25) is 0 Å². The van der Waals surface area contributed by atoms with Gasteiger partial charge in [0, 0.05) is 31.7 Å². The third kappa shape index (κ3) is 4.80. The lowest BCUT2D eigenvalue weighted by atomic mass is 10.1. The second-order valence-electron chi connectivity index (χ2n) is 7.84. The maximum absolute atomic E-state index is 14.2. The van der Waals surface area contributed by atoms with E-state index in [-0.39, 0.29) is 29.6 Å². The van der Waals surface area contributed by atoms with E-state index in [1.165, 1.54) is 12.1 Å². The van der Waals surface area contributed by atoms with Crippen molar-refractivity contribution >= 4 is 17.6 Å². The summed E-state index contributed by atoms with van der Waals surface area (Å²) in [7, 11) is 0. The van der Waals surface area contributed by atoms with Gasteiger partial charge in [-0.25, -0.2) is 19.2 Å². The summed E-state index contributed by atoms with van der Waals surface area (Å²) in [6.45, 7) is 6.85. The Morgan fingerprint density at radius 1 is 1.03 bits per heavy atom. The fourth-order valence-corrected chi connectivity index (χ4v) is 3.90. The zero-order valence-corrected chi connectivity index (χ0v) is 18.9. The molecule has 0 unspecified atom stereocenters. The number of aryl methyl sites for hydroxylation is 1. The van der Waals surface area contributed by atoms with Crippen molar-refractivity contribution in [3.8, 4) is 11.4 Å². The number of carbonyl (C=O) groups excluding carboxylic acids is 2. The van der Waals surface area contributed by atoms with Crippen LogP contribution in [0.5, 0.6) is 0 Å². The Kier molecular flexibility index (Phi) is 6.96. The van der Waals surface area contributed by atoms with Crippen LogP contribution in [0.25, 0.3) is 11.4 Å². The number of ether oxygens (including phenoxy) is 1. The van der Waals surface area contributed by atoms with Crippen LogP contribution in [-0.2, 0) is 4.74 Å². The Labute approximate surface area is 197 Å². The van der Waals surface area contributed by atoms with Crippen molar-refractivity contribution in [3.05, 3.63) is 90.0 Å². The number of esters is 1. The molecule has 2 aromatic carbocycles. The minimum atomic E-state index is -0.676. The fraction of sp³-hybridized carbons (Fsp3) is 0.231. The topological polar surface area (TPSA) is 75.6 Å². The molecule has 1 fully saturated rings. The van der Waals surface area contributed by atoms with Crippen molar-refractivity contribution in [2.45, 2.75) is 6.92 Å². The van der Waals surface area contributed by atoms with Crippen molar-refractivity contribution in [3.63, 3.8) is 0 Å². The lowest BCUT2D eigenvalue weighted by Gasteiger charge is -2.36. The van der Waals surface area contributed by atoms with Gasteiger partial charge < -0.3 is 14.5 Å². The molecule has 1 aromatic heterocycles. The maximum atomic E-state index is 14.2. The molecule has 174 valence electrons. The first-order valence-corrected chi connectivity index (χ1v) is 11.0. The largest absolute Gasteiger partial charge is 0.458 e. The van der Waals surface area contributed by atoms with Crippen LogP contribution in [0.4, 0.5) is 10.1 Å². The summed E-state index contributed by atoms with van der Waals surface area (Å²) in [5, 5.41) is 0. The van der Waals surface area contributed by atoms with Gasteiger partial charge in [-0.05, 0) is 19.1 Å². The molecule has 0 aliphatic carbocycles. The number of rotatable bonds is 6. The van der Waals surface area contributed by atoms with Gasteiger partial charge in [-0.3, -0.25) is 4.79 Å². The smallest absolute Gasteiger partial charge is 0.342 e. The molecule has 34 heavy (non-hydrogen) atoms. The van der Waals surface area contributed by atoms with Crippen LogP contribution in [0, 0.1) is 12.7 Å². The van der Waals surface area contributed by atoms with E-state index in [2.05, 4.69) is 16.5 Å². The van der Waals surface area contributed by atoms with Gasteiger partial charge in [-0.2, -0.15) is 0 Å². The first kappa shape index (κ1) is 23.1. The zero-order valence-electron chi connectivity index (χ0n) is 18.9. The molecular weight excluding hydrogens is 435 g/mol. The summed E-state index contributed by atoms with van der Waals surface area (Å²) in [5.74, 6) is -1.01. The van der Waals surface area contributed by atoms with Crippen LogP contribution in [0.3, 0.4) is 0 Å². The normalized spacial score (nSPS) is 13.5. The number of carbonyl (C=O) groups is 2. The van der Waals surface area contributed by atoms with Crippen molar-refractivity contribution in [1.82, 2.24) is 14.9 Å². The van der Waals surface area contributed by atoms with Crippen molar-refractivity contribution < 1.29 is 18.7 Å². The number of amides is 1. The molecule has 7 nitrogen and oxygen atoms in total. The Bertz CT molecular complexity index is 1210. The van der Waals surface area contributed by atoms with Crippen LogP contribution >= 0.6 is 0 Å². The van der Waals surface area contributed by atoms with E-state index >= 15 is 0 Å². The number of halogens is 1. The molecular formula is C26H25FN4O3. The highest BCUT2D eigenvalue weighted by Gasteiger charge is 2.30. The zero-order chi connectivity index (χ0) is 24.1. The SMILES string of the molecule is C=CCOC(=O)c1c(C)nc(-c2ccccc2)nc1C(=O)N1CCN(c2ccccc2F)CC1. The van der Waals surface area contributed by atoms with Crippen LogP contribution in [0.1, 0.15) is 26.5 Å². The highest BCUT2D eigenvalue weighted by molar-refractivity contribution is 6.05. The van der Waals surface area contributed by atoms with Gasteiger partial charge >= 0.3 is 5.97 Å². The summed E-state index contributed by atoms with van der Waals surface area (Å²) in [4.78, 5) is 38.8. The summed E-state index contributed by atoms with van der Waals surface area (Å²) >= 11 is 0. The molecule has 1 aliphatic rings. The van der Waals surface area contributed by atoms with E-state index in [1.54, 1.807) is 30.0 Å². The standard InChI is InChI=1S/C26H25FN4O3/c1-3-17-34-26(33)22-18(2)28-24(19-9-5-4-6-10-19)29-23(22)25(32)31-15-13-30(14-16-31)21-12-8-7-11-20(21)27/h3-12H,1,13-17H2,2H3. The quantitative estimate of drug-likeness (QED) is 0.410. The number of para-hydroxylation sites is 1. The minimum absolute atomic E-state index is 0.000225. The Morgan fingerprint density at radius 3 is 2.38 bits per heavy atom. The number of hydrogen-bond donors (Lipinski definition) is 0. The first-order valence-electron chi connectivity index (χ1n) is 11.0. The second kappa shape index (κ2) is 10.2. The van der Waals surface area contributed by atoms with Gasteiger partial charge in [0.1, 0.15) is 23.7 Å². The number of benzene rings is 2.